The average Bonchev–Trinajstić information content (AvgIpc) is 3.25. The number of aryl methyl sites for hydroxylation is 2. The fourth-order valence-electron chi connectivity index (χ4n) is 4.04. The van der Waals surface area contributed by atoms with E-state index >= 15 is 0 Å². The summed E-state index contributed by atoms with van der Waals surface area (Å²) in [5, 5.41) is 4.69. The molecule has 0 radical (unpaired) electrons. The van der Waals surface area contributed by atoms with E-state index in [1.165, 1.54) is 38.6 Å². The highest BCUT2D eigenvalue weighted by Crippen LogP contribution is 2.40. The van der Waals surface area contributed by atoms with Gasteiger partial charge in [0.2, 0.25) is 0 Å². The molecule has 0 bridgehead atoms. The molecule has 0 saturated heterocycles. The number of hydrogen-bond acceptors (Lipinski definition) is 4. The minimum absolute atomic E-state index is 0.0682. The van der Waals surface area contributed by atoms with Crippen LogP contribution in [0.1, 0.15) is 37.5 Å². The Labute approximate surface area is 185 Å². The van der Waals surface area contributed by atoms with Crippen LogP contribution in [0.25, 0.3) is 41.6 Å². The molecule has 0 fully saturated rings. The van der Waals surface area contributed by atoms with Crippen LogP contribution in [-0.2, 0) is 5.41 Å². The Balaban J connectivity index is 1.62. The number of aromatic nitrogens is 2. The molecule has 0 aliphatic heterocycles. The van der Waals surface area contributed by atoms with Crippen molar-refractivity contribution in [3.05, 3.63) is 71.3 Å². The maximum absolute atomic E-state index is 4.98. The third kappa shape index (κ3) is 3.44. The lowest BCUT2D eigenvalue weighted by molar-refractivity contribution is 0.596. The van der Waals surface area contributed by atoms with E-state index in [2.05, 4.69) is 89.2 Å². The number of rotatable bonds is 2. The fraction of sp³-hybridized carbons (Fsp3) is 0.231. The maximum atomic E-state index is 4.98. The predicted octanol–water partition coefficient (Wildman–Crippen LogP) is 8.15. The van der Waals surface area contributed by atoms with Crippen LogP contribution in [0.4, 0.5) is 0 Å². The van der Waals surface area contributed by atoms with Crippen molar-refractivity contribution in [3.8, 4) is 21.1 Å². The highest BCUT2D eigenvalue weighted by Gasteiger charge is 2.20. The van der Waals surface area contributed by atoms with Crippen LogP contribution in [0.5, 0.6) is 0 Å². The fourth-order valence-corrected chi connectivity index (χ4v) is 6.06. The van der Waals surface area contributed by atoms with Crippen molar-refractivity contribution in [1.82, 2.24) is 9.97 Å². The normalized spacial score (nSPS) is 12.2. The Hall–Kier alpha value is -2.56. The lowest BCUT2D eigenvalue weighted by atomic mass is 9.82. The third-order valence-electron chi connectivity index (χ3n) is 5.36. The summed E-state index contributed by atoms with van der Waals surface area (Å²) in [6.45, 7) is 11.1. The number of hydrogen-bond donors (Lipinski definition) is 0. The van der Waals surface area contributed by atoms with Gasteiger partial charge in [0, 0.05) is 11.1 Å². The molecular formula is C26H24N2S2. The molecule has 2 heterocycles. The molecule has 0 unspecified atom stereocenters. The smallest absolute Gasteiger partial charge is 0.155 e. The molecule has 0 aliphatic rings. The molecule has 150 valence electrons. The Morgan fingerprint density at radius 3 is 1.87 bits per heavy atom. The minimum Gasteiger partial charge on any atom is -0.223 e. The van der Waals surface area contributed by atoms with Crippen LogP contribution >= 0.6 is 22.7 Å². The Kier molecular flexibility index (Phi) is 4.53. The monoisotopic (exact) mass is 428 g/mol. The summed E-state index contributed by atoms with van der Waals surface area (Å²) in [6.07, 6.45) is 0. The predicted molar refractivity (Wildman–Crippen MR) is 132 cm³/mol. The van der Waals surface area contributed by atoms with Gasteiger partial charge in [0.25, 0.3) is 0 Å². The first kappa shape index (κ1) is 19.4. The topological polar surface area (TPSA) is 25.8 Å². The molecule has 30 heavy (non-hydrogen) atoms. The van der Waals surface area contributed by atoms with Gasteiger partial charge in [-0.05, 0) is 59.9 Å². The first-order chi connectivity index (χ1) is 14.3. The first-order valence-electron chi connectivity index (χ1n) is 10.2. The molecular weight excluding hydrogens is 404 g/mol. The summed E-state index contributed by atoms with van der Waals surface area (Å²) < 4.78 is 0. The lowest BCUT2D eigenvalue weighted by Gasteiger charge is -2.22. The largest absolute Gasteiger partial charge is 0.223 e. The van der Waals surface area contributed by atoms with Gasteiger partial charge < -0.3 is 0 Å². The maximum Gasteiger partial charge on any atom is 0.155 e. The second-order valence-corrected chi connectivity index (χ2v) is 11.0. The molecule has 0 amide bonds. The van der Waals surface area contributed by atoms with Crippen LogP contribution in [0, 0.1) is 13.8 Å². The van der Waals surface area contributed by atoms with Crippen molar-refractivity contribution < 1.29 is 0 Å². The number of benzene rings is 3. The molecule has 0 N–H and O–H groups in total. The van der Waals surface area contributed by atoms with E-state index in [-0.39, 0.29) is 5.41 Å². The SMILES string of the molecule is Cc1cc(C)cc(-c2nc3sc(-c4cc(C(C)(C)C)c5ccccc5c4)nc3s2)c1. The summed E-state index contributed by atoms with van der Waals surface area (Å²) in [5.74, 6) is 0. The van der Waals surface area contributed by atoms with Gasteiger partial charge in [0.15, 0.2) is 9.66 Å². The summed E-state index contributed by atoms with van der Waals surface area (Å²) in [5.41, 5.74) is 6.33. The molecule has 2 aromatic heterocycles. The number of nitrogens with zero attached hydrogens (tertiary/aromatic N) is 2. The van der Waals surface area contributed by atoms with Crippen molar-refractivity contribution in [2.45, 2.75) is 40.0 Å². The van der Waals surface area contributed by atoms with E-state index in [4.69, 9.17) is 9.97 Å². The first-order valence-corrected chi connectivity index (χ1v) is 11.8. The van der Waals surface area contributed by atoms with Crippen molar-refractivity contribution in [2.24, 2.45) is 0 Å². The van der Waals surface area contributed by atoms with Crippen molar-refractivity contribution in [3.63, 3.8) is 0 Å². The summed E-state index contributed by atoms with van der Waals surface area (Å²) in [4.78, 5) is 11.9. The second-order valence-electron chi connectivity index (χ2n) is 9.02. The van der Waals surface area contributed by atoms with Gasteiger partial charge in [-0.2, -0.15) is 0 Å². The molecule has 3 aromatic carbocycles. The van der Waals surface area contributed by atoms with Gasteiger partial charge in [-0.25, -0.2) is 9.97 Å². The van der Waals surface area contributed by atoms with E-state index in [1.54, 1.807) is 22.7 Å². The van der Waals surface area contributed by atoms with Gasteiger partial charge in [-0.1, -0.05) is 84.9 Å². The van der Waals surface area contributed by atoms with Gasteiger partial charge in [0.05, 0.1) is 0 Å². The van der Waals surface area contributed by atoms with Crippen LogP contribution in [0.3, 0.4) is 0 Å². The van der Waals surface area contributed by atoms with Crippen LogP contribution in [0.2, 0.25) is 0 Å². The summed E-state index contributed by atoms with van der Waals surface area (Å²) >= 11 is 3.38. The quantitative estimate of drug-likeness (QED) is 0.283. The molecule has 2 nitrogen and oxygen atoms in total. The highest BCUT2D eigenvalue weighted by atomic mass is 32.1. The zero-order valence-electron chi connectivity index (χ0n) is 17.9. The van der Waals surface area contributed by atoms with E-state index < -0.39 is 0 Å². The molecule has 0 spiro atoms. The number of fused-ring (bicyclic) bond motifs is 2. The average molecular weight is 429 g/mol. The van der Waals surface area contributed by atoms with Crippen LogP contribution in [-0.4, -0.2) is 9.97 Å². The van der Waals surface area contributed by atoms with Crippen molar-refractivity contribution in [1.29, 1.82) is 0 Å². The number of thiazole rings is 2. The molecule has 0 aliphatic carbocycles. The molecule has 4 heteroatoms. The van der Waals surface area contributed by atoms with Gasteiger partial charge in [-0.15, -0.1) is 0 Å². The van der Waals surface area contributed by atoms with E-state index in [0.717, 1.165) is 19.7 Å². The van der Waals surface area contributed by atoms with Crippen molar-refractivity contribution in [2.75, 3.05) is 0 Å². The molecule has 0 saturated carbocycles. The van der Waals surface area contributed by atoms with E-state index in [0.29, 0.717) is 0 Å². The Bertz CT molecular complexity index is 1350. The van der Waals surface area contributed by atoms with E-state index in [1.807, 2.05) is 0 Å². The minimum atomic E-state index is 0.0682. The summed E-state index contributed by atoms with van der Waals surface area (Å²) in [7, 11) is 0. The zero-order valence-corrected chi connectivity index (χ0v) is 19.5. The van der Waals surface area contributed by atoms with Crippen molar-refractivity contribution >= 4 is 43.1 Å². The standard InChI is InChI=1S/C26H24N2S2/c1-15-10-16(2)12-18(11-15)22-27-24-25(29-22)28-23(30-24)19-13-17-8-6-7-9-20(17)21(14-19)26(3,4)5/h6-14H,1-5H3. The third-order valence-corrected chi connectivity index (χ3v) is 7.49. The van der Waals surface area contributed by atoms with Gasteiger partial charge in [-0.3, -0.25) is 0 Å². The van der Waals surface area contributed by atoms with Gasteiger partial charge >= 0.3 is 0 Å². The molecule has 5 aromatic rings. The molecule has 0 atom stereocenters. The highest BCUT2D eigenvalue weighted by molar-refractivity contribution is 7.29. The molecule has 5 rings (SSSR count). The second kappa shape index (κ2) is 7.00. The zero-order chi connectivity index (χ0) is 21.0. The Morgan fingerprint density at radius 2 is 1.27 bits per heavy atom. The Morgan fingerprint density at radius 1 is 0.700 bits per heavy atom. The summed E-state index contributed by atoms with van der Waals surface area (Å²) in [6, 6.07) is 19.8. The lowest BCUT2D eigenvalue weighted by Crippen LogP contribution is -2.11. The van der Waals surface area contributed by atoms with Crippen LogP contribution < -0.4 is 0 Å². The van der Waals surface area contributed by atoms with Crippen LogP contribution in [0.15, 0.2) is 54.6 Å². The van der Waals surface area contributed by atoms with E-state index in [9.17, 15) is 0 Å². The van der Waals surface area contributed by atoms with Gasteiger partial charge in [0.1, 0.15) is 10.0 Å².